The van der Waals surface area contributed by atoms with Gasteiger partial charge < -0.3 is 74.1 Å². The standard InChI is InChI=1S/C11H15NO2.3C4H3NO3.2C4H3NO2S.2C3H2N2O3.3C3H2N2O2S/c1-8(2)6-7-9-4-3-5-10(12-9)11(13)14;6-4(7)3-1-8-2-5-3;6-4(7)3-5-1-2-8-3;6-4(7)3-1-2-8-5-3;6-4(7)3-1-8-2-5-3;6-4(7)3-1-2-8-5-3;6-3(7)2-4-1-8-5-2;6-3(7)2-1-4-8-5-2;6-3(7)2-5-4-1-8-2;6-3(7)2-4-1-8-5-2;6-3(7)2-1-4-8-5-2/h3-5,8H,6-7H2,1-2H3,(H,13,14);5*1-2H,(H,6,7);5*1H,(H,6,7). The van der Waals surface area contributed by atoms with Gasteiger partial charge in [0.2, 0.25) is 17.1 Å². The molecule has 0 amide bonds. The minimum atomic E-state index is -1.18. The van der Waals surface area contributed by atoms with Gasteiger partial charge in [-0.25, -0.2) is 82.3 Å². The summed E-state index contributed by atoms with van der Waals surface area (Å²) in [5.74, 6) is -11.7. The van der Waals surface area contributed by atoms with Crippen molar-refractivity contribution in [3.63, 3.8) is 0 Å². The number of aryl methyl sites for hydroxylation is 1. The van der Waals surface area contributed by atoms with Crippen LogP contribution in [0.3, 0.4) is 0 Å². The number of carboxylic acid groups (broad SMARTS) is 11. The maximum absolute atomic E-state index is 10.6. The highest BCUT2D eigenvalue weighted by Crippen LogP contribution is 2.08. The van der Waals surface area contributed by atoms with Gasteiger partial charge in [-0.3, -0.25) is 0 Å². The molecule has 0 atom stereocenters. The lowest BCUT2D eigenvalue weighted by Gasteiger charge is -2.04. The average molecular weight is 1410 g/mol. The Morgan fingerprint density at radius 2 is 1.19 bits per heavy atom. The number of nitrogens with zero attached hydrogens (tertiary/aromatic N) is 16. The first-order valence-electron chi connectivity index (χ1n) is 23.5. The largest absolute Gasteiger partial charge is 0.477 e. The normalized spacial score (nSPS) is 9.22. The molecule has 11 N–H and O–H groups in total. The van der Waals surface area contributed by atoms with E-state index in [9.17, 15) is 52.7 Å². The van der Waals surface area contributed by atoms with Gasteiger partial charge in [-0.2, -0.15) is 22.5 Å². The van der Waals surface area contributed by atoms with Gasteiger partial charge >= 0.3 is 71.6 Å². The smallest absolute Gasteiger partial charge is 0.392 e. The number of rotatable bonds is 14. The van der Waals surface area contributed by atoms with Gasteiger partial charge in [0.1, 0.15) is 41.7 Å². The lowest BCUT2D eigenvalue weighted by molar-refractivity contribution is 0.0646. The number of hydrogen-bond acceptors (Lipinski definition) is 37. The highest BCUT2D eigenvalue weighted by molar-refractivity contribution is 7.11. The van der Waals surface area contributed by atoms with Crippen molar-refractivity contribution in [1.29, 1.82) is 0 Å². The molecule has 94 heavy (non-hydrogen) atoms. The number of pyridine rings is 1. The first-order chi connectivity index (χ1) is 44.6. The summed E-state index contributed by atoms with van der Waals surface area (Å²) in [6, 6.07) is 7.87. The van der Waals surface area contributed by atoms with Crippen LogP contribution in [0.1, 0.15) is 141 Å². The maximum Gasteiger partial charge on any atom is 0.392 e. The summed E-state index contributed by atoms with van der Waals surface area (Å²) >= 11 is 5.34. The molecule has 43 nitrogen and oxygen atoms in total. The molecular formula is C46H40N16O27S5. The van der Waals surface area contributed by atoms with Crippen molar-refractivity contribution in [1.82, 2.24) is 78.2 Å². The monoisotopic (exact) mass is 1410 g/mol. The number of carboxylic acids is 11. The van der Waals surface area contributed by atoms with E-state index < -0.39 is 65.7 Å². The van der Waals surface area contributed by atoms with Crippen LogP contribution in [-0.4, -0.2) is 200 Å². The first kappa shape index (κ1) is 79.2. The van der Waals surface area contributed by atoms with E-state index in [1.54, 1.807) is 11.4 Å². The van der Waals surface area contributed by atoms with Gasteiger partial charge in [0.25, 0.3) is 11.6 Å². The Kier molecular flexibility index (Phi) is 38.3. The van der Waals surface area contributed by atoms with Crippen molar-refractivity contribution in [2.24, 2.45) is 5.92 Å². The summed E-state index contributed by atoms with van der Waals surface area (Å²) in [5.41, 5.74) is 5.18. The Hall–Kier alpha value is -12.8. The minimum absolute atomic E-state index is 0.00926. The molecule has 11 heterocycles. The Bertz CT molecular complexity index is 3160. The molecule has 0 aliphatic heterocycles. The number of hydrogen-bond donors (Lipinski definition) is 11. The van der Waals surface area contributed by atoms with Crippen molar-refractivity contribution in [3.8, 4) is 0 Å². The van der Waals surface area contributed by atoms with Crippen LogP contribution in [0.4, 0.5) is 0 Å². The molecule has 11 aromatic heterocycles. The fourth-order valence-electron chi connectivity index (χ4n) is 4.10. The van der Waals surface area contributed by atoms with Crippen LogP contribution in [0.2, 0.25) is 0 Å². The number of oxazole rings is 2. The molecule has 0 radical (unpaired) electrons. The number of aromatic carboxylic acids is 11. The van der Waals surface area contributed by atoms with Gasteiger partial charge in [0.05, 0.1) is 29.6 Å². The average Bonchev–Trinajstić information content (AvgIpc) is 2.35. The first-order valence-corrected chi connectivity index (χ1v) is 27.7. The van der Waals surface area contributed by atoms with Crippen molar-refractivity contribution in [2.45, 2.75) is 26.7 Å². The third-order valence-electron chi connectivity index (χ3n) is 8.04. The Balaban J connectivity index is 0.000000519. The van der Waals surface area contributed by atoms with Gasteiger partial charge in [0.15, 0.2) is 34.9 Å². The third kappa shape index (κ3) is 35.8. The zero-order valence-electron chi connectivity index (χ0n) is 46.5. The lowest BCUT2D eigenvalue weighted by atomic mass is 10.1. The second kappa shape index (κ2) is 45.4. The molecule has 496 valence electrons. The zero-order chi connectivity index (χ0) is 70.4. The van der Waals surface area contributed by atoms with Crippen molar-refractivity contribution < 1.29 is 131 Å². The molecule has 0 unspecified atom stereocenters. The topological polar surface area (TPSA) is 682 Å². The van der Waals surface area contributed by atoms with Crippen molar-refractivity contribution in [2.75, 3.05) is 0 Å². The summed E-state index contributed by atoms with van der Waals surface area (Å²) in [5, 5.41) is 112. The van der Waals surface area contributed by atoms with E-state index in [0.717, 1.165) is 89.9 Å². The van der Waals surface area contributed by atoms with Crippen LogP contribution in [0, 0.1) is 5.92 Å². The van der Waals surface area contributed by atoms with E-state index in [1.165, 1.54) is 76.4 Å². The predicted octanol–water partition coefficient (Wildman–Crippen LogP) is 5.41. The fraction of sp³-hybridized carbons (Fsp3) is 0.109. The molecule has 11 rings (SSSR count). The summed E-state index contributed by atoms with van der Waals surface area (Å²) in [4.78, 5) is 131. The van der Waals surface area contributed by atoms with E-state index >= 15 is 0 Å². The Labute approximate surface area is 538 Å². The van der Waals surface area contributed by atoms with Gasteiger partial charge in [-0.1, -0.05) is 46.7 Å². The SMILES string of the molecule is CC(C)CCc1cccc(C(=O)O)n1.O=C(O)c1ccon1.O=C(O)c1ccsn1.O=C(O)c1cnon1.O=C(O)c1cnsn1.O=C(O)c1cocn1.O=C(O)c1cscn1.O=C(O)c1ncco1.O=C(O)c1ncon1.O=C(O)c1ncsn1.O=C(O)c1nncs1. The molecule has 11 aromatic rings. The summed E-state index contributed by atoms with van der Waals surface area (Å²) in [6.45, 7) is 4.28. The second-order valence-corrected chi connectivity index (χ2v) is 18.4. The Morgan fingerprint density at radius 3 is 1.49 bits per heavy atom. The molecule has 0 bridgehead atoms. The van der Waals surface area contributed by atoms with Gasteiger partial charge in [-0.05, 0) is 65.2 Å². The van der Waals surface area contributed by atoms with Gasteiger partial charge in [0, 0.05) is 22.5 Å². The van der Waals surface area contributed by atoms with Crippen LogP contribution in [-0.2, 0) is 6.42 Å². The summed E-state index contributed by atoms with van der Waals surface area (Å²) in [6.07, 6.45) is 10.9. The molecule has 0 aliphatic rings. The summed E-state index contributed by atoms with van der Waals surface area (Å²) < 4.78 is 35.1. The van der Waals surface area contributed by atoms with Crippen LogP contribution in [0.5, 0.6) is 0 Å². The lowest BCUT2D eigenvalue weighted by Crippen LogP contribution is -2.03. The number of thiazole rings is 1. The molecule has 0 fully saturated rings. The zero-order valence-corrected chi connectivity index (χ0v) is 50.6. The third-order valence-corrected chi connectivity index (χ3v) is 10.8. The molecule has 0 aromatic carbocycles. The summed E-state index contributed by atoms with van der Waals surface area (Å²) in [7, 11) is 0. The van der Waals surface area contributed by atoms with E-state index in [1.807, 2.05) is 6.07 Å². The second-order valence-electron chi connectivity index (χ2n) is 15.0. The Morgan fingerprint density at radius 1 is 0.521 bits per heavy atom. The van der Waals surface area contributed by atoms with E-state index in [-0.39, 0.29) is 62.4 Å². The molecule has 0 aliphatic carbocycles. The van der Waals surface area contributed by atoms with E-state index in [4.69, 9.17) is 56.2 Å². The molecular weight excluding hydrogens is 1370 g/mol. The minimum Gasteiger partial charge on any atom is -0.477 e. The highest BCUT2D eigenvalue weighted by atomic mass is 32.1. The van der Waals surface area contributed by atoms with Crippen molar-refractivity contribution in [3.05, 3.63) is 176 Å². The molecule has 48 heteroatoms. The number of carbonyl (C=O) groups is 11. The molecule has 0 spiro atoms. The van der Waals surface area contributed by atoms with Crippen molar-refractivity contribution >= 4 is 123 Å². The van der Waals surface area contributed by atoms with Crippen LogP contribution in [0.25, 0.3) is 0 Å². The molecule has 0 saturated heterocycles. The van der Waals surface area contributed by atoms with Crippen LogP contribution >= 0.6 is 57.5 Å². The predicted molar refractivity (Wildman–Crippen MR) is 306 cm³/mol. The maximum atomic E-state index is 10.6. The van der Waals surface area contributed by atoms with Crippen LogP contribution in [0.15, 0.2) is 130 Å². The number of aromatic nitrogens is 16. The molecule has 0 saturated carbocycles. The quantitative estimate of drug-likeness (QED) is 0.0648. The fourth-order valence-corrected chi connectivity index (χ4v) is 6.34. The van der Waals surface area contributed by atoms with Gasteiger partial charge in [-0.15, -0.1) is 21.5 Å². The van der Waals surface area contributed by atoms with Crippen LogP contribution < -0.4 is 0 Å². The van der Waals surface area contributed by atoms with E-state index in [0.29, 0.717) is 5.92 Å². The van der Waals surface area contributed by atoms with E-state index in [2.05, 4.69) is 115 Å². The highest BCUT2D eigenvalue weighted by Gasteiger charge is 2.10.